The molecule has 8 nitrogen and oxygen atoms in total. The SMILES string of the molecule is COc1ccc([C@@H]2N(C(=O)CSc3nc4ccccc4[nH]3)CCN2S(=O)(=O)c2ccc(C)cc2)cc1. The predicted octanol–water partition coefficient (Wildman–Crippen LogP) is 4.20. The van der Waals surface area contributed by atoms with E-state index in [0.717, 1.165) is 16.6 Å². The molecular formula is C26H26N4O4S2. The second kappa shape index (κ2) is 9.96. The minimum Gasteiger partial charge on any atom is -0.497 e. The molecule has 0 radical (unpaired) electrons. The van der Waals surface area contributed by atoms with Crippen molar-refractivity contribution in [1.29, 1.82) is 0 Å². The van der Waals surface area contributed by atoms with Crippen LogP contribution in [0.15, 0.2) is 82.8 Å². The summed E-state index contributed by atoms with van der Waals surface area (Å²) in [5, 5.41) is 0.647. The van der Waals surface area contributed by atoms with Crippen LogP contribution in [-0.4, -0.2) is 59.5 Å². The van der Waals surface area contributed by atoms with Crippen LogP contribution in [0.2, 0.25) is 0 Å². The molecule has 1 atom stereocenters. The van der Waals surface area contributed by atoms with Crippen molar-refractivity contribution in [2.24, 2.45) is 0 Å². The highest BCUT2D eigenvalue weighted by Crippen LogP contribution is 2.36. The van der Waals surface area contributed by atoms with Crippen LogP contribution in [0, 0.1) is 6.92 Å². The van der Waals surface area contributed by atoms with Crippen LogP contribution in [-0.2, 0) is 14.8 Å². The molecule has 10 heteroatoms. The summed E-state index contributed by atoms with van der Waals surface area (Å²) in [7, 11) is -2.26. The van der Waals surface area contributed by atoms with Crippen LogP contribution in [0.25, 0.3) is 11.0 Å². The monoisotopic (exact) mass is 522 g/mol. The number of aromatic nitrogens is 2. The lowest BCUT2D eigenvalue weighted by Gasteiger charge is -2.30. The highest BCUT2D eigenvalue weighted by Gasteiger charge is 2.43. The second-order valence-corrected chi connectivity index (χ2v) is 11.4. The van der Waals surface area contributed by atoms with Crippen molar-refractivity contribution in [1.82, 2.24) is 19.2 Å². The van der Waals surface area contributed by atoms with E-state index in [1.807, 2.05) is 31.2 Å². The molecule has 0 aliphatic carbocycles. The molecule has 0 unspecified atom stereocenters. The first-order chi connectivity index (χ1) is 17.4. The normalized spacial score (nSPS) is 16.5. The number of aromatic amines is 1. The maximum absolute atomic E-state index is 13.6. The quantitative estimate of drug-likeness (QED) is 0.366. The van der Waals surface area contributed by atoms with Crippen LogP contribution >= 0.6 is 11.8 Å². The molecule has 1 aliphatic rings. The van der Waals surface area contributed by atoms with Gasteiger partial charge in [0.2, 0.25) is 15.9 Å². The fourth-order valence-electron chi connectivity index (χ4n) is 4.30. The summed E-state index contributed by atoms with van der Waals surface area (Å²) in [5.41, 5.74) is 3.41. The number of para-hydroxylation sites is 2. The van der Waals surface area contributed by atoms with Gasteiger partial charge in [-0.3, -0.25) is 4.79 Å². The van der Waals surface area contributed by atoms with Gasteiger partial charge in [-0.15, -0.1) is 0 Å². The Morgan fingerprint density at radius 1 is 1.06 bits per heavy atom. The maximum atomic E-state index is 13.6. The van der Waals surface area contributed by atoms with Gasteiger partial charge in [0.05, 0.1) is 28.8 Å². The van der Waals surface area contributed by atoms with Crippen LogP contribution in [0.4, 0.5) is 0 Å². The van der Waals surface area contributed by atoms with Gasteiger partial charge in [-0.25, -0.2) is 13.4 Å². The third kappa shape index (κ3) is 4.71. The van der Waals surface area contributed by atoms with Crippen molar-refractivity contribution in [2.45, 2.75) is 23.1 Å². The number of fused-ring (bicyclic) bond motifs is 1. The van der Waals surface area contributed by atoms with E-state index in [-0.39, 0.29) is 23.1 Å². The smallest absolute Gasteiger partial charge is 0.245 e. The number of nitrogens with one attached hydrogen (secondary N) is 1. The number of nitrogens with zero attached hydrogens (tertiary/aromatic N) is 3. The van der Waals surface area contributed by atoms with Crippen molar-refractivity contribution in [3.63, 3.8) is 0 Å². The Morgan fingerprint density at radius 2 is 1.78 bits per heavy atom. The number of aryl methyl sites for hydroxylation is 1. The first-order valence-electron chi connectivity index (χ1n) is 11.5. The zero-order valence-electron chi connectivity index (χ0n) is 19.9. The number of methoxy groups -OCH3 is 1. The number of benzene rings is 3. The van der Waals surface area contributed by atoms with Crippen molar-refractivity contribution in [3.8, 4) is 5.75 Å². The van der Waals surface area contributed by atoms with Crippen LogP contribution in [0.3, 0.4) is 0 Å². The average Bonchev–Trinajstić information content (AvgIpc) is 3.52. The first-order valence-corrected chi connectivity index (χ1v) is 13.9. The molecule has 1 aliphatic heterocycles. The lowest BCUT2D eigenvalue weighted by Crippen LogP contribution is -2.38. The number of amides is 1. The lowest BCUT2D eigenvalue weighted by molar-refractivity contribution is -0.130. The van der Waals surface area contributed by atoms with Gasteiger partial charge in [-0.2, -0.15) is 4.31 Å². The largest absolute Gasteiger partial charge is 0.497 e. The number of imidazole rings is 1. The molecule has 186 valence electrons. The number of hydrogen-bond acceptors (Lipinski definition) is 6. The fourth-order valence-corrected chi connectivity index (χ4v) is 6.64. The molecule has 1 aromatic heterocycles. The lowest BCUT2D eigenvalue weighted by atomic mass is 10.1. The van der Waals surface area contributed by atoms with Crippen molar-refractivity contribution in [3.05, 3.63) is 83.9 Å². The number of sulfonamides is 1. The van der Waals surface area contributed by atoms with E-state index in [1.54, 1.807) is 60.5 Å². The van der Waals surface area contributed by atoms with E-state index in [1.165, 1.54) is 16.1 Å². The number of carbonyl (C=O) groups is 1. The summed E-state index contributed by atoms with van der Waals surface area (Å²) in [4.78, 5) is 23.0. The molecule has 1 saturated heterocycles. The molecule has 36 heavy (non-hydrogen) atoms. The number of rotatable bonds is 7. The summed E-state index contributed by atoms with van der Waals surface area (Å²) in [5.74, 6) is 0.621. The summed E-state index contributed by atoms with van der Waals surface area (Å²) in [6.45, 7) is 2.40. The maximum Gasteiger partial charge on any atom is 0.245 e. The van der Waals surface area contributed by atoms with Gasteiger partial charge >= 0.3 is 0 Å². The summed E-state index contributed by atoms with van der Waals surface area (Å²) in [6.07, 6.45) is -0.758. The molecular weight excluding hydrogens is 496 g/mol. The van der Waals surface area contributed by atoms with E-state index in [9.17, 15) is 13.2 Å². The molecule has 1 fully saturated rings. The Balaban J connectivity index is 1.42. The molecule has 3 aromatic carbocycles. The minimum atomic E-state index is -3.84. The molecule has 2 heterocycles. The minimum absolute atomic E-state index is 0.130. The number of carbonyl (C=O) groups excluding carboxylic acids is 1. The Kier molecular flexibility index (Phi) is 6.74. The highest BCUT2D eigenvalue weighted by atomic mass is 32.2. The van der Waals surface area contributed by atoms with E-state index < -0.39 is 16.2 Å². The topological polar surface area (TPSA) is 95.6 Å². The van der Waals surface area contributed by atoms with E-state index in [0.29, 0.717) is 23.0 Å². The zero-order valence-corrected chi connectivity index (χ0v) is 21.6. The van der Waals surface area contributed by atoms with Crippen LogP contribution < -0.4 is 4.74 Å². The van der Waals surface area contributed by atoms with Crippen LogP contribution in [0.5, 0.6) is 5.75 Å². The van der Waals surface area contributed by atoms with Gasteiger partial charge in [0.25, 0.3) is 0 Å². The third-order valence-electron chi connectivity index (χ3n) is 6.19. The van der Waals surface area contributed by atoms with Crippen LogP contribution in [0.1, 0.15) is 17.3 Å². The Hall–Kier alpha value is -3.34. The van der Waals surface area contributed by atoms with E-state index >= 15 is 0 Å². The molecule has 1 amide bonds. The Labute approximate surface area is 214 Å². The van der Waals surface area contributed by atoms with Crippen molar-refractivity contribution >= 4 is 38.7 Å². The molecule has 0 saturated carbocycles. The summed E-state index contributed by atoms with van der Waals surface area (Å²) >= 11 is 1.31. The number of hydrogen-bond donors (Lipinski definition) is 1. The van der Waals surface area contributed by atoms with E-state index in [2.05, 4.69) is 9.97 Å². The van der Waals surface area contributed by atoms with Crippen molar-refractivity contribution in [2.75, 3.05) is 26.0 Å². The summed E-state index contributed by atoms with van der Waals surface area (Å²) < 4.78 is 34.0. The number of thioether (sulfide) groups is 1. The molecule has 5 rings (SSSR count). The van der Waals surface area contributed by atoms with Gasteiger partial charge in [-0.05, 0) is 48.9 Å². The zero-order chi connectivity index (χ0) is 25.3. The highest BCUT2D eigenvalue weighted by molar-refractivity contribution is 7.99. The predicted molar refractivity (Wildman–Crippen MR) is 139 cm³/mol. The third-order valence-corrected chi connectivity index (χ3v) is 8.92. The fraction of sp³-hybridized carbons (Fsp3) is 0.231. The standard InChI is InChI=1S/C26H26N4O4S2/c1-18-7-13-21(14-8-18)36(32,33)30-16-15-29(25(30)19-9-11-20(34-2)12-10-19)24(31)17-35-26-27-22-5-3-4-6-23(22)28-26/h3-14,25H,15-17H2,1-2H3,(H,27,28)/t25-/m1/s1. The van der Waals surface area contributed by atoms with Gasteiger partial charge in [0.1, 0.15) is 11.9 Å². The molecule has 4 aromatic rings. The Morgan fingerprint density at radius 3 is 2.47 bits per heavy atom. The van der Waals surface area contributed by atoms with Crippen molar-refractivity contribution < 1.29 is 17.9 Å². The Bertz CT molecular complexity index is 1450. The second-order valence-electron chi connectivity index (χ2n) is 8.51. The van der Waals surface area contributed by atoms with Gasteiger partial charge < -0.3 is 14.6 Å². The summed E-state index contributed by atoms with van der Waals surface area (Å²) in [6, 6.07) is 21.6. The number of H-pyrrole nitrogens is 1. The average molecular weight is 523 g/mol. The van der Waals surface area contributed by atoms with E-state index in [4.69, 9.17) is 4.74 Å². The molecule has 0 bridgehead atoms. The molecule has 1 N–H and O–H groups in total. The first kappa shape index (κ1) is 24.4. The number of ether oxygens (including phenoxy) is 1. The van der Waals surface area contributed by atoms with Gasteiger partial charge in [0.15, 0.2) is 5.16 Å². The molecule has 0 spiro atoms. The van der Waals surface area contributed by atoms with Gasteiger partial charge in [0, 0.05) is 13.1 Å². The van der Waals surface area contributed by atoms with Gasteiger partial charge in [-0.1, -0.05) is 53.7 Å².